The Labute approximate surface area is 145 Å². The van der Waals surface area contributed by atoms with E-state index in [-0.39, 0.29) is 18.3 Å². The molecule has 3 rings (SSSR count). The lowest BCUT2D eigenvalue weighted by molar-refractivity contribution is -0.136. The minimum atomic E-state index is 0. The first kappa shape index (κ1) is 18.1. The molecule has 0 aromatic heterocycles. The van der Waals surface area contributed by atoms with Gasteiger partial charge in [0.15, 0.2) is 0 Å². The number of nitrogens with zero attached hydrogens (tertiary/aromatic N) is 1. The minimum Gasteiger partial charge on any atom is -0.497 e. The summed E-state index contributed by atoms with van der Waals surface area (Å²) in [5.74, 6) is 2.19. The van der Waals surface area contributed by atoms with E-state index in [9.17, 15) is 4.79 Å². The van der Waals surface area contributed by atoms with E-state index in [4.69, 9.17) is 4.74 Å². The van der Waals surface area contributed by atoms with Crippen LogP contribution in [0, 0.1) is 11.8 Å². The molecule has 1 unspecified atom stereocenters. The molecule has 2 aliphatic heterocycles. The van der Waals surface area contributed by atoms with Gasteiger partial charge in [0.2, 0.25) is 5.91 Å². The molecule has 0 aliphatic carbocycles. The number of hydrogen-bond acceptors (Lipinski definition) is 3. The summed E-state index contributed by atoms with van der Waals surface area (Å²) in [5.41, 5.74) is 1.37. The van der Waals surface area contributed by atoms with Crippen molar-refractivity contribution in [1.29, 1.82) is 0 Å². The molecule has 0 radical (unpaired) electrons. The van der Waals surface area contributed by atoms with Gasteiger partial charge in [-0.2, -0.15) is 0 Å². The Morgan fingerprint density at radius 3 is 2.48 bits per heavy atom. The third-order valence-corrected chi connectivity index (χ3v) is 5.02. The fourth-order valence-corrected chi connectivity index (χ4v) is 3.58. The van der Waals surface area contributed by atoms with Crippen LogP contribution in [0.3, 0.4) is 0 Å². The number of carbonyl (C=O) groups excluding carboxylic acids is 1. The second-order valence-corrected chi connectivity index (χ2v) is 6.51. The topological polar surface area (TPSA) is 41.6 Å². The molecule has 0 spiro atoms. The normalized spacial score (nSPS) is 21.8. The van der Waals surface area contributed by atoms with Gasteiger partial charge in [-0.05, 0) is 55.8 Å². The van der Waals surface area contributed by atoms with E-state index in [0.717, 1.165) is 57.6 Å². The van der Waals surface area contributed by atoms with Crippen LogP contribution < -0.4 is 10.1 Å². The maximum atomic E-state index is 12.4. The molecular formula is C18H27ClN2O2. The molecule has 1 N–H and O–H groups in total. The highest BCUT2D eigenvalue weighted by Gasteiger charge is 2.29. The molecule has 4 nitrogen and oxygen atoms in total. The van der Waals surface area contributed by atoms with Gasteiger partial charge in [-0.3, -0.25) is 4.79 Å². The number of likely N-dealkylation sites (tertiary alicyclic amines) is 1. The van der Waals surface area contributed by atoms with Crippen LogP contribution in [0.2, 0.25) is 0 Å². The second kappa shape index (κ2) is 8.55. The first-order chi connectivity index (χ1) is 10.8. The zero-order valence-corrected chi connectivity index (χ0v) is 14.6. The SMILES string of the molecule is COc1ccc(CC2CCN(C(=O)C3CCNC3)CC2)cc1.Cl. The summed E-state index contributed by atoms with van der Waals surface area (Å²) in [6, 6.07) is 8.36. The van der Waals surface area contributed by atoms with Crippen molar-refractivity contribution in [2.24, 2.45) is 11.8 Å². The van der Waals surface area contributed by atoms with Crippen molar-refractivity contribution in [2.45, 2.75) is 25.7 Å². The van der Waals surface area contributed by atoms with Crippen LogP contribution >= 0.6 is 12.4 Å². The molecule has 1 atom stereocenters. The molecule has 1 aromatic rings. The maximum absolute atomic E-state index is 12.4. The van der Waals surface area contributed by atoms with Crippen molar-refractivity contribution >= 4 is 18.3 Å². The van der Waals surface area contributed by atoms with Gasteiger partial charge in [0, 0.05) is 19.6 Å². The number of methoxy groups -OCH3 is 1. The Morgan fingerprint density at radius 1 is 1.22 bits per heavy atom. The summed E-state index contributed by atoms with van der Waals surface area (Å²) in [5, 5.41) is 3.29. The van der Waals surface area contributed by atoms with E-state index < -0.39 is 0 Å². The van der Waals surface area contributed by atoms with Gasteiger partial charge in [0.25, 0.3) is 0 Å². The quantitative estimate of drug-likeness (QED) is 0.917. The first-order valence-corrected chi connectivity index (χ1v) is 8.38. The van der Waals surface area contributed by atoms with Gasteiger partial charge in [-0.25, -0.2) is 0 Å². The van der Waals surface area contributed by atoms with Gasteiger partial charge in [-0.15, -0.1) is 12.4 Å². The maximum Gasteiger partial charge on any atom is 0.227 e. The lowest BCUT2D eigenvalue weighted by Gasteiger charge is -2.33. The molecule has 23 heavy (non-hydrogen) atoms. The highest BCUT2D eigenvalue weighted by Crippen LogP contribution is 2.24. The number of halogens is 1. The zero-order valence-electron chi connectivity index (χ0n) is 13.8. The van der Waals surface area contributed by atoms with E-state index in [1.54, 1.807) is 7.11 Å². The molecule has 2 fully saturated rings. The number of hydrogen-bond donors (Lipinski definition) is 1. The van der Waals surface area contributed by atoms with Gasteiger partial charge in [-0.1, -0.05) is 12.1 Å². The molecule has 5 heteroatoms. The van der Waals surface area contributed by atoms with Crippen LogP contribution in [0.15, 0.2) is 24.3 Å². The van der Waals surface area contributed by atoms with Crippen molar-refractivity contribution in [3.05, 3.63) is 29.8 Å². The molecule has 0 saturated carbocycles. The van der Waals surface area contributed by atoms with E-state index in [1.165, 1.54) is 5.56 Å². The van der Waals surface area contributed by atoms with E-state index in [2.05, 4.69) is 22.3 Å². The van der Waals surface area contributed by atoms with Crippen LogP contribution in [0.1, 0.15) is 24.8 Å². The number of benzene rings is 1. The monoisotopic (exact) mass is 338 g/mol. The minimum absolute atomic E-state index is 0. The standard InChI is InChI=1S/C18H26N2O2.ClH/c1-22-17-4-2-14(3-5-17)12-15-7-10-20(11-8-15)18(21)16-6-9-19-13-16;/h2-5,15-16,19H,6-13H2,1H3;1H. The summed E-state index contributed by atoms with van der Waals surface area (Å²) in [6.07, 6.45) is 4.36. The van der Waals surface area contributed by atoms with E-state index in [1.807, 2.05) is 12.1 Å². The third-order valence-electron chi connectivity index (χ3n) is 5.02. The van der Waals surface area contributed by atoms with Crippen LogP contribution in [0.5, 0.6) is 5.75 Å². The van der Waals surface area contributed by atoms with Gasteiger partial charge in [0.05, 0.1) is 13.0 Å². The zero-order chi connectivity index (χ0) is 15.4. The summed E-state index contributed by atoms with van der Waals surface area (Å²) in [7, 11) is 1.70. The van der Waals surface area contributed by atoms with Crippen molar-refractivity contribution in [3.8, 4) is 5.75 Å². The number of rotatable bonds is 4. The number of nitrogens with one attached hydrogen (secondary N) is 1. The number of ether oxygens (including phenoxy) is 1. The molecule has 2 saturated heterocycles. The van der Waals surface area contributed by atoms with Crippen LogP contribution in [0.4, 0.5) is 0 Å². The third kappa shape index (κ3) is 4.61. The fraction of sp³-hybridized carbons (Fsp3) is 0.611. The lowest BCUT2D eigenvalue weighted by Crippen LogP contribution is -2.42. The largest absolute Gasteiger partial charge is 0.497 e. The average molecular weight is 339 g/mol. The van der Waals surface area contributed by atoms with Crippen molar-refractivity contribution in [2.75, 3.05) is 33.3 Å². The summed E-state index contributed by atoms with van der Waals surface area (Å²) in [6.45, 7) is 3.71. The van der Waals surface area contributed by atoms with Gasteiger partial charge < -0.3 is 15.0 Å². The summed E-state index contributed by atoms with van der Waals surface area (Å²) >= 11 is 0. The Balaban J connectivity index is 0.00000192. The lowest BCUT2D eigenvalue weighted by atomic mass is 9.89. The van der Waals surface area contributed by atoms with E-state index >= 15 is 0 Å². The van der Waals surface area contributed by atoms with E-state index in [0.29, 0.717) is 11.8 Å². The van der Waals surface area contributed by atoms with Crippen molar-refractivity contribution in [1.82, 2.24) is 10.2 Å². The smallest absolute Gasteiger partial charge is 0.227 e. The predicted molar refractivity (Wildman–Crippen MR) is 94.2 cm³/mol. The van der Waals surface area contributed by atoms with Gasteiger partial charge in [0.1, 0.15) is 5.75 Å². The first-order valence-electron chi connectivity index (χ1n) is 8.38. The second-order valence-electron chi connectivity index (χ2n) is 6.51. The van der Waals surface area contributed by atoms with Crippen LogP contribution in [-0.2, 0) is 11.2 Å². The van der Waals surface area contributed by atoms with Gasteiger partial charge >= 0.3 is 0 Å². The fourth-order valence-electron chi connectivity index (χ4n) is 3.58. The van der Waals surface area contributed by atoms with Crippen molar-refractivity contribution < 1.29 is 9.53 Å². The Morgan fingerprint density at radius 2 is 1.91 bits per heavy atom. The number of piperidine rings is 1. The molecule has 1 amide bonds. The Hall–Kier alpha value is -1.26. The molecule has 128 valence electrons. The number of carbonyl (C=O) groups is 1. The predicted octanol–water partition coefficient (Wildman–Crippen LogP) is 2.51. The molecule has 2 aliphatic rings. The molecule has 1 aromatic carbocycles. The van der Waals surface area contributed by atoms with Crippen LogP contribution in [-0.4, -0.2) is 44.1 Å². The average Bonchev–Trinajstić information content (AvgIpc) is 3.10. The van der Waals surface area contributed by atoms with Crippen LogP contribution in [0.25, 0.3) is 0 Å². The Kier molecular flexibility index (Phi) is 6.72. The molecule has 0 bridgehead atoms. The highest BCUT2D eigenvalue weighted by molar-refractivity contribution is 5.85. The number of amides is 1. The molecular weight excluding hydrogens is 312 g/mol. The molecule has 2 heterocycles. The van der Waals surface area contributed by atoms with Crippen molar-refractivity contribution in [3.63, 3.8) is 0 Å². The summed E-state index contributed by atoms with van der Waals surface area (Å²) in [4.78, 5) is 14.5. The highest BCUT2D eigenvalue weighted by atomic mass is 35.5. The Bertz CT molecular complexity index is 492. The summed E-state index contributed by atoms with van der Waals surface area (Å²) < 4.78 is 5.20.